The van der Waals surface area contributed by atoms with E-state index >= 15 is 0 Å². The first-order chi connectivity index (χ1) is 15.9. The van der Waals surface area contributed by atoms with Gasteiger partial charge in [-0.25, -0.2) is 0 Å². The molecular weight excluding hydrogens is 420 g/mol. The molecule has 2 heterocycles. The van der Waals surface area contributed by atoms with Crippen molar-refractivity contribution in [2.24, 2.45) is 35.5 Å². The minimum Gasteiger partial charge on any atom is -0.399 e. The molecule has 6 rings (SSSR count). The minimum atomic E-state index is -0.436. The van der Waals surface area contributed by atoms with Crippen molar-refractivity contribution in [3.63, 3.8) is 0 Å². The van der Waals surface area contributed by atoms with Gasteiger partial charge in [0.2, 0.25) is 23.6 Å². The number of fused-ring (bicyclic) bond motifs is 9. The predicted octanol–water partition coefficient (Wildman–Crippen LogP) is 2.26. The van der Waals surface area contributed by atoms with E-state index in [1.165, 1.54) is 9.80 Å². The molecule has 33 heavy (non-hydrogen) atoms. The number of anilines is 4. The standard InChI is InChI=1S/C25H24N4O4/c1-27-13-4-8-15(9-5-13)29-24(32)18-11-19(25(29)33)21-17-10-16(20(18)21)22(30)28(23(17)31)14-6-2-12(26)3-7-14/h2-9,16-21,27H,10-11,26H2,1H3. The molecule has 4 fully saturated rings. The van der Waals surface area contributed by atoms with Crippen LogP contribution in [-0.4, -0.2) is 30.7 Å². The molecule has 0 aromatic heterocycles. The van der Waals surface area contributed by atoms with Crippen LogP contribution in [-0.2, 0) is 19.2 Å². The summed E-state index contributed by atoms with van der Waals surface area (Å²) in [7, 11) is 1.80. The number of amides is 4. The van der Waals surface area contributed by atoms with Crippen molar-refractivity contribution in [3.8, 4) is 0 Å². The second-order valence-corrected chi connectivity index (χ2v) is 9.46. The van der Waals surface area contributed by atoms with Crippen LogP contribution in [0.15, 0.2) is 48.5 Å². The summed E-state index contributed by atoms with van der Waals surface area (Å²) in [5.41, 5.74) is 8.21. The van der Waals surface area contributed by atoms with Gasteiger partial charge in [0.15, 0.2) is 0 Å². The maximum atomic E-state index is 13.5. The molecule has 8 nitrogen and oxygen atoms in total. The fourth-order valence-electron chi connectivity index (χ4n) is 6.66. The van der Waals surface area contributed by atoms with Gasteiger partial charge in [-0.3, -0.25) is 29.0 Å². The molecule has 2 aromatic rings. The lowest BCUT2D eigenvalue weighted by atomic mass is 9.82. The third kappa shape index (κ3) is 2.63. The number of hydrogen-bond acceptors (Lipinski definition) is 6. The van der Waals surface area contributed by atoms with Gasteiger partial charge in [0.25, 0.3) is 0 Å². The molecule has 168 valence electrons. The van der Waals surface area contributed by atoms with Crippen molar-refractivity contribution in [1.82, 2.24) is 0 Å². The number of carbonyl (C=O) groups excluding carboxylic acids is 4. The molecule has 2 aliphatic heterocycles. The number of rotatable bonds is 3. The molecule has 6 atom stereocenters. The highest BCUT2D eigenvalue weighted by molar-refractivity contribution is 6.22. The normalized spacial score (nSPS) is 32.4. The van der Waals surface area contributed by atoms with Gasteiger partial charge in [0, 0.05) is 42.1 Å². The lowest BCUT2D eigenvalue weighted by Gasteiger charge is -2.36. The first-order valence-corrected chi connectivity index (χ1v) is 11.3. The minimum absolute atomic E-state index is 0.257. The molecule has 2 aromatic carbocycles. The molecule has 6 unspecified atom stereocenters. The molecular formula is C25H24N4O4. The number of nitrogens with two attached hydrogens (primary N) is 1. The largest absolute Gasteiger partial charge is 0.399 e. The number of imide groups is 2. The fourth-order valence-corrected chi connectivity index (χ4v) is 6.66. The number of nitrogens with zero attached hydrogens (tertiary/aromatic N) is 2. The maximum Gasteiger partial charge on any atom is 0.237 e. The van der Waals surface area contributed by atoms with Crippen LogP contribution in [0, 0.1) is 35.5 Å². The van der Waals surface area contributed by atoms with E-state index in [9.17, 15) is 19.2 Å². The van der Waals surface area contributed by atoms with Crippen LogP contribution in [0.2, 0.25) is 0 Å². The third-order valence-electron chi connectivity index (χ3n) is 8.03. The van der Waals surface area contributed by atoms with Gasteiger partial charge in [-0.1, -0.05) is 0 Å². The summed E-state index contributed by atoms with van der Waals surface area (Å²) in [5, 5.41) is 3.02. The van der Waals surface area contributed by atoms with E-state index in [4.69, 9.17) is 5.73 Å². The molecule has 2 aliphatic carbocycles. The van der Waals surface area contributed by atoms with Crippen molar-refractivity contribution >= 4 is 46.4 Å². The lowest BCUT2D eigenvalue weighted by molar-refractivity contribution is -0.136. The van der Waals surface area contributed by atoms with Crippen molar-refractivity contribution < 1.29 is 19.2 Å². The van der Waals surface area contributed by atoms with Crippen LogP contribution in [0.3, 0.4) is 0 Å². The third-order valence-corrected chi connectivity index (χ3v) is 8.03. The molecule has 0 spiro atoms. The zero-order valence-corrected chi connectivity index (χ0v) is 18.1. The zero-order valence-electron chi connectivity index (χ0n) is 18.1. The monoisotopic (exact) mass is 444 g/mol. The summed E-state index contributed by atoms with van der Waals surface area (Å²) in [6, 6.07) is 13.8. The number of nitrogen functional groups attached to an aromatic ring is 1. The molecule has 4 aliphatic rings. The van der Waals surface area contributed by atoms with Crippen LogP contribution in [0.5, 0.6) is 0 Å². The molecule has 4 amide bonds. The Kier molecular flexibility index (Phi) is 4.18. The summed E-state index contributed by atoms with van der Waals surface area (Å²) in [4.78, 5) is 56.5. The first-order valence-electron chi connectivity index (χ1n) is 11.3. The van der Waals surface area contributed by atoms with Gasteiger partial charge in [0.1, 0.15) is 0 Å². The zero-order chi connectivity index (χ0) is 23.0. The molecule has 2 saturated heterocycles. The van der Waals surface area contributed by atoms with Gasteiger partial charge < -0.3 is 11.1 Å². The number of hydrogen-bond donors (Lipinski definition) is 2. The molecule has 2 saturated carbocycles. The van der Waals surface area contributed by atoms with E-state index in [1.807, 2.05) is 12.1 Å². The summed E-state index contributed by atoms with van der Waals surface area (Å²) >= 11 is 0. The first kappa shape index (κ1) is 20.0. The maximum absolute atomic E-state index is 13.5. The van der Waals surface area contributed by atoms with Crippen molar-refractivity contribution in [3.05, 3.63) is 48.5 Å². The van der Waals surface area contributed by atoms with Gasteiger partial charge in [-0.15, -0.1) is 0 Å². The van der Waals surface area contributed by atoms with Crippen LogP contribution in [0.1, 0.15) is 12.8 Å². The van der Waals surface area contributed by atoms with Crippen molar-refractivity contribution in [2.45, 2.75) is 12.8 Å². The topological polar surface area (TPSA) is 113 Å². The second-order valence-electron chi connectivity index (χ2n) is 9.46. The number of nitrogens with one attached hydrogen (secondary N) is 1. The van der Waals surface area contributed by atoms with E-state index in [-0.39, 0.29) is 35.5 Å². The van der Waals surface area contributed by atoms with Crippen molar-refractivity contribution in [2.75, 3.05) is 27.9 Å². The van der Waals surface area contributed by atoms with Crippen LogP contribution in [0.25, 0.3) is 0 Å². The highest BCUT2D eigenvalue weighted by Gasteiger charge is 2.68. The quantitative estimate of drug-likeness (QED) is 0.427. The Morgan fingerprint density at radius 2 is 1.03 bits per heavy atom. The van der Waals surface area contributed by atoms with Crippen LogP contribution < -0.4 is 20.9 Å². The highest BCUT2D eigenvalue weighted by atomic mass is 16.2. The Bertz CT molecular complexity index is 1150. The van der Waals surface area contributed by atoms with E-state index in [0.717, 1.165) is 5.69 Å². The van der Waals surface area contributed by atoms with Crippen LogP contribution >= 0.6 is 0 Å². The fraction of sp³-hybridized carbons (Fsp3) is 0.360. The van der Waals surface area contributed by atoms with Gasteiger partial charge >= 0.3 is 0 Å². The predicted molar refractivity (Wildman–Crippen MR) is 122 cm³/mol. The van der Waals surface area contributed by atoms with E-state index < -0.39 is 23.7 Å². The van der Waals surface area contributed by atoms with Gasteiger partial charge in [-0.05, 0) is 73.2 Å². The molecule has 4 bridgehead atoms. The second kappa shape index (κ2) is 6.91. The summed E-state index contributed by atoms with van der Waals surface area (Å²) in [6.45, 7) is 0. The summed E-state index contributed by atoms with van der Waals surface area (Å²) in [5.74, 6) is -3.36. The Hall–Kier alpha value is -3.68. The average molecular weight is 444 g/mol. The number of carbonyl (C=O) groups is 4. The SMILES string of the molecule is CNc1ccc(N2C(=O)C3CC(C2=O)C2C4CC(C(=O)N(c5ccc(N)cc5)C4=O)C32)cc1. The Labute approximate surface area is 190 Å². The Morgan fingerprint density at radius 3 is 1.39 bits per heavy atom. The van der Waals surface area contributed by atoms with E-state index in [0.29, 0.717) is 29.9 Å². The van der Waals surface area contributed by atoms with Crippen molar-refractivity contribution in [1.29, 1.82) is 0 Å². The van der Waals surface area contributed by atoms with Crippen LogP contribution in [0.4, 0.5) is 22.7 Å². The molecule has 0 radical (unpaired) electrons. The Morgan fingerprint density at radius 1 is 0.667 bits per heavy atom. The molecule has 8 heteroatoms. The average Bonchev–Trinajstić information content (AvgIpc) is 3.35. The molecule has 3 N–H and O–H groups in total. The highest BCUT2D eigenvalue weighted by Crippen LogP contribution is 2.62. The van der Waals surface area contributed by atoms with Gasteiger partial charge in [-0.2, -0.15) is 0 Å². The summed E-state index contributed by atoms with van der Waals surface area (Å²) < 4.78 is 0. The van der Waals surface area contributed by atoms with E-state index in [2.05, 4.69) is 5.32 Å². The smallest absolute Gasteiger partial charge is 0.237 e. The Balaban J connectivity index is 1.36. The van der Waals surface area contributed by atoms with E-state index in [1.54, 1.807) is 43.4 Å². The number of piperidine rings is 2. The summed E-state index contributed by atoms with van der Waals surface area (Å²) in [6.07, 6.45) is 0.844. The number of benzene rings is 2. The van der Waals surface area contributed by atoms with Gasteiger partial charge in [0.05, 0.1) is 11.4 Å². The lowest BCUT2D eigenvalue weighted by Crippen LogP contribution is -2.52.